The van der Waals surface area contributed by atoms with Gasteiger partial charge in [0.15, 0.2) is 0 Å². The predicted octanol–water partition coefficient (Wildman–Crippen LogP) is 2.55. The highest BCUT2D eigenvalue weighted by molar-refractivity contribution is 6.05. The summed E-state index contributed by atoms with van der Waals surface area (Å²) in [6.45, 7) is 3.91. The average molecular weight is 413 g/mol. The number of imidazole rings is 1. The minimum atomic E-state index is -0.833. The molecule has 2 N–H and O–H groups in total. The summed E-state index contributed by atoms with van der Waals surface area (Å²) >= 11 is 0. The van der Waals surface area contributed by atoms with Gasteiger partial charge in [0.05, 0.1) is 18.6 Å². The summed E-state index contributed by atoms with van der Waals surface area (Å²) in [7, 11) is 0. The number of guanidine groups is 1. The van der Waals surface area contributed by atoms with E-state index in [1.54, 1.807) is 0 Å². The molecule has 1 amide bonds. The number of rotatable bonds is 8. The molecule has 0 atom stereocenters. The molecule has 0 spiro atoms. The van der Waals surface area contributed by atoms with Crippen LogP contribution in [0.1, 0.15) is 38.2 Å². The van der Waals surface area contributed by atoms with Gasteiger partial charge in [0.2, 0.25) is 11.9 Å². The van der Waals surface area contributed by atoms with Crippen molar-refractivity contribution in [3.8, 4) is 5.75 Å². The zero-order valence-electron chi connectivity index (χ0n) is 17.1. The summed E-state index contributed by atoms with van der Waals surface area (Å²) in [6.07, 6.45) is 10.2. The first kappa shape index (κ1) is 21.4. The van der Waals surface area contributed by atoms with Crippen LogP contribution < -0.4 is 10.1 Å². The number of nitrogens with one attached hydrogen (secondary N) is 1. The maximum absolute atomic E-state index is 11.5. The van der Waals surface area contributed by atoms with E-state index in [0.29, 0.717) is 19.0 Å². The van der Waals surface area contributed by atoms with Crippen LogP contribution in [0.2, 0.25) is 0 Å². The fourth-order valence-electron chi connectivity index (χ4n) is 3.29. The molecule has 0 bridgehead atoms. The number of hydrogen-bond donors (Lipinski definition) is 2. The summed E-state index contributed by atoms with van der Waals surface area (Å²) in [4.78, 5) is 31.0. The van der Waals surface area contributed by atoms with Crippen LogP contribution in [-0.4, -0.2) is 50.5 Å². The first-order chi connectivity index (χ1) is 14.5. The molecule has 3 heterocycles. The van der Waals surface area contributed by atoms with Gasteiger partial charge in [-0.1, -0.05) is 12.8 Å². The van der Waals surface area contributed by atoms with E-state index in [1.165, 1.54) is 6.42 Å². The van der Waals surface area contributed by atoms with Crippen molar-refractivity contribution >= 4 is 23.5 Å². The number of carboxylic acid groups (broad SMARTS) is 1. The number of ether oxygens (including phenoxy) is 1. The Kier molecular flexibility index (Phi) is 7.42. The van der Waals surface area contributed by atoms with E-state index < -0.39 is 5.97 Å². The molecule has 9 nitrogen and oxygen atoms in total. The lowest BCUT2D eigenvalue weighted by molar-refractivity contribution is -0.134. The lowest BCUT2D eigenvalue weighted by Gasteiger charge is -2.23. The molecule has 4 rings (SSSR count). The Hall–Kier alpha value is -3.36. The molecule has 0 unspecified atom stereocenters. The van der Waals surface area contributed by atoms with Gasteiger partial charge in [0.25, 0.3) is 5.97 Å². The van der Waals surface area contributed by atoms with Crippen molar-refractivity contribution in [2.45, 2.75) is 45.7 Å². The van der Waals surface area contributed by atoms with E-state index >= 15 is 0 Å². The number of amides is 1. The molecule has 30 heavy (non-hydrogen) atoms. The van der Waals surface area contributed by atoms with Gasteiger partial charge in [-0.3, -0.25) is 14.9 Å². The van der Waals surface area contributed by atoms with E-state index in [4.69, 9.17) is 14.6 Å². The minimum Gasteiger partial charge on any atom is -0.494 e. The van der Waals surface area contributed by atoms with Crippen molar-refractivity contribution < 1.29 is 19.4 Å². The monoisotopic (exact) mass is 413 g/mol. The lowest BCUT2D eigenvalue weighted by atomic mass is 10.1. The first-order valence-electron chi connectivity index (χ1n) is 10.1. The second kappa shape index (κ2) is 10.4. The first-order valence-corrected chi connectivity index (χ1v) is 10.1. The SMILES string of the molecule is CC(=O)O.O=C1CN2Cc3cc(OCCCCCCn4ccnc4)ccc3N=C2N1. The van der Waals surface area contributed by atoms with Gasteiger partial charge in [-0.25, -0.2) is 9.98 Å². The highest BCUT2D eigenvalue weighted by atomic mass is 16.5. The summed E-state index contributed by atoms with van der Waals surface area (Å²) in [5.74, 6) is 0.701. The van der Waals surface area contributed by atoms with Crippen molar-refractivity contribution in [3.05, 3.63) is 42.5 Å². The fraction of sp³-hybridized carbons (Fsp3) is 0.429. The smallest absolute Gasteiger partial charge is 0.300 e. The number of aliphatic imine (C=N–C) groups is 1. The van der Waals surface area contributed by atoms with Gasteiger partial charge in [0.1, 0.15) is 12.3 Å². The van der Waals surface area contributed by atoms with E-state index in [1.807, 2.05) is 41.8 Å². The molecule has 2 aromatic rings. The van der Waals surface area contributed by atoms with Crippen LogP contribution in [0.3, 0.4) is 0 Å². The molecule has 0 radical (unpaired) electrons. The van der Waals surface area contributed by atoms with Gasteiger partial charge in [0, 0.05) is 38.0 Å². The number of aromatic nitrogens is 2. The Morgan fingerprint density at radius 3 is 2.80 bits per heavy atom. The molecule has 1 aromatic heterocycles. The zero-order chi connectivity index (χ0) is 21.3. The van der Waals surface area contributed by atoms with E-state index in [0.717, 1.165) is 56.3 Å². The normalized spacial score (nSPS) is 14.1. The number of aliphatic carboxylic acids is 1. The molecule has 2 aliphatic rings. The molecule has 1 saturated heterocycles. The number of carbonyl (C=O) groups excluding carboxylic acids is 1. The van der Waals surface area contributed by atoms with Crippen LogP contribution in [0.5, 0.6) is 5.75 Å². The third-order valence-corrected chi connectivity index (χ3v) is 4.66. The van der Waals surface area contributed by atoms with Crippen LogP contribution in [0.25, 0.3) is 0 Å². The number of benzene rings is 1. The fourth-order valence-corrected chi connectivity index (χ4v) is 3.29. The number of carbonyl (C=O) groups is 2. The summed E-state index contributed by atoms with van der Waals surface area (Å²) < 4.78 is 8.00. The largest absolute Gasteiger partial charge is 0.494 e. The second-order valence-electron chi connectivity index (χ2n) is 7.21. The van der Waals surface area contributed by atoms with Crippen molar-refractivity contribution in [1.82, 2.24) is 19.8 Å². The summed E-state index contributed by atoms with van der Waals surface area (Å²) in [5.41, 5.74) is 2.01. The molecular formula is C21H27N5O4. The van der Waals surface area contributed by atoms with Crippen LogP contribution in [0.4, 0.5) is 5.69 Å². The standard InChI is InChI=1S/C19H23N5O2.C2H4O2/c25-18-13-24-12-15-11-16(5-6-17(15)21-19(24)22-18)26-10-4-2-1-3-8-23-9-7-20-14-23;1-2(3)4/h5-7,9,11,14H,1-4,8,10,12-13H2,(H,21,22,25);1H3,(H,3,4). The molecule has 1 aromatic carbocycles. The van der Waals surface area contributed by atoms with Crippen molar-refractivity contribution in [1.29, 1.82) is 0 Å². The van der Waals surface area contributed by atoms with Gasteiger partial charge in [-0.05, 0) is 31.0 Å². The Morgan fingerprint density at radius 1 is 1.23 bits per heavy atom. The highest BCUT2D eigenvalue weighted by Crippen LogP contribution is 2.30. The quantitative estimate of drug-likeness (QED) is 0.644. The van der Waals surface area contributed by atoms with Gasteiger partial charge >= 0.3 is 0 Å². The minimum absolute atomic E-state index is 0.000989. The number of unbranched alkanes of at least 4 members (excludes halogenated alkanes) is 3. The molecule has 2 aliphatic heterocycles. The maximum Gasteiger partial charge on any atom is 0.300 e. The molecule has 9 heteroatoms. The summed E-state index contributed by atoms with van der Waals surface area (Å²) in [5, 5.41) is 10.2. The molecule has 0 aliphatic carbocycles. The van der Waals surface area contributed by atoms with Crippen LogP contribution in [-0.2, 0) is 22.7 Å². The number of nitrogens with zero attached hydrogens (tertiary/aromatic N) is 4. The third-order valence-electron chi connectivity index (χ3n) is 4.66. The van der Waals surface area contributed by atoms with Gasteiger partial charge < -0.3 is 19.3 Å². The Balaban J connectivity index is 0.000000589. The molecular weight excluding hydrogens is 386 g/mol. The van der Waals surface area contributed by atoms with Crippen LogP contribution in [0.15, 0.2) is 41.9 Å². The van der Waals surface area contributed by atoms with Gasteiger partial charge in [-0.2, -0.15) is 0 Å². The number of fused-ring (bicyclic) bond motifs is 2. The van der Waals surface area contributed by atoms with Crippen LogP contribution in [0, 0.1) is 0 Å². The van der Waals surface area contributed by atoms with E-state index in [2.05, 4.69) is 19.9 Å². The average Bonchev–Trinajstić information content (AvgIpc) is 3.33. The van der Waals surface area contributed by atoms with Crippen molar-refractivity contribution in [2.24, 2.45) is 4.99 Å². The lowest BCUT2D eigenvalue weighted by Crippen LogP contribution is -2.31. The Morgan fingerprint density at radius 2 is 2.03 bits per heavy atom. The number of aryl methyl sites for hydroxylation is 1. The number of carboxylic acids is 1. The highest BCUT2D eigenvalue weighted by Gasteiger charge is 2.29. The Labute approximate surface area is 175 Å². The maximum atomic E-state index is 11.5. The number of hydrogen-bond acceptors (Lipinski definition) is 6. The van der Waals surface area contributed by atoms with Gasteiger partial charge in [-0.15, -0.1) is 0 Å². The molecule has 1 fully saturated rings. The topological polar surface area (TPSA) is 109 Å². The zero-order valence-corrected chi connectivity index (χ0v) is 17.1. The van der Waals surface area contributed by atoms with E-state index in [9.17, 15) is 4.79 Å². The van der Waals surface area contributed by atoms with Crippen LogP contribution >= 0.6 is 0 Å². The Bertz CT molecular complexity index is 891. The van der Waals surface area contributed by atoms with Crippen molar-refractivity contribution in [3.63, 3.8) is 0 Å². The third kappa shape index (κ3) is 6.33. The second-order valence-corrected chi connectivity index (χ2v) is 7.21. The van der Waals surface area contributed by atoms with Crippen molar-refractivity contribution in [2.75, 3.05) is 13.2 Å². The molecule has 160 valence electrons. The molecule has 0 saturated carbocycles. The van der Waals surface area contributed by atoms with E-state index in [-0.39, 0.29) is 5.91 Å². The predicted molar refractivity (Wildman–Crippen MR) is 112 cm³/mol. The summed E-state index contributed by atoms with van der Waals surface area (Å²) in [6, 6.07) is 5.95.